The maximum Gasteiger partial charge on any atom is 0.315 e. The highest BCUT2D eigenvalue weighted by atomic mass is 16.2. The summed E-state index contributed by atoms with van der Waals surface area (Å²) in [5.41, 5.74) is 0. The Morgan fingerprint density at radius 1 is 1.36 bits per heavy atom. The monoisotopic (exact) mass is 158 g/mol. The number of urea groups is 1. The normalized spacial score (nSPS) is 9.45. The van der Waals surface area contributed by atoms with E-state index in [9.17, 15) is 9.59 Å². The molecule has 11 heavy (non-hydrogen) atoms. The van der Waals surface area contributed by atoms with Crippen molar-refractivity contribution in [2.24, 2.45) is 0 Å². The van der Waals surface area contributed by atoms with E-state index >= 15 is 0 Å². The van der Waals surface area contributed by atoms with Crippen molar-refractivity contribution in [3.63, 3.8) is 0 Å². The molecule has 2 amide bonds. The SMILES string of the molecule is CC(=O)CNC(=O)NC(C)C. The molecule has 0 bridgehead atoms. The molecular weight excluding hydrogens is 144 g/mol. The first-order chi connectivity index (χ1) is 5.02. The van der Waals surface area contributed by atoms with Crippen molar-refractivity contribution in [2.75, 3.05) is 6.54 Å². The van der Waals surface area contributed by atoms with Crippen LogP contribution in [0.2, 0.25) is 0 Å². The van der Waals surface area contributed by atoms with Crippen LogP contribution in [-0.4, -0.2) is 24.4 Å². The molecule has 0 saturated heterocycles. The molecule has 0 aliphatic carbocycles. The molecule has 0 rings (SSSR count). The van der Waals surface area contributed by atoms with Crippen molar-refractivity contribution >= 4 is 11.8 Å². The summed E-state index contributed by atoms with van der Waals surface area (Å²) >= 11 is 0. The number of amides is 2. The van der Waals surface area contributed by atoms with E-state index in [1.807, 2.05) is 13.8 Å². The van der Waals surface area contributed by atoms with Gasteiger partial charge in [0.15, 0.2) is 0 Å². The number of hydrogen-bond donors (Lipinski definition) is 2. The summed E-state index contributed by atoms with van der Waals surface area (Å²) in [6.45, 7) is 5.23. The molecule has 4 heteroatoms. The fourth-order valence-corrected chi connectivity index (χ4v) is 0.518. The third-order valence-electron chi connectivity index (χ3n) is 0.918. The number of ketones is 1. The molecule has 0 unspecified atom stereocenters. The van der Waals surface area contributed by atoms with Crippen molar-refractivity contribution in [1.29, 1.82) is 0 Å². The highest BCUT2D eigenvalue weighted by Crippen LogP contribution is 1.75. The molecule has 0 aromatic carbocycles. The van der Waals surface area contributed by atoms with Gasteiger partial charge < -0.3 is 10.6 Å². The van der Waals surface area contributed by atoms with Crippen LogP contribution in [0.15, 0.2) is 0 Å². The highest BCUT2D eigenvalue weighted by Gasteiger charge is 2.01. The standard InChI is InChI=1S/C7H14N2O2/c1-5(2)9-7(11)8-4-6(3)10/h5H,4H2,1-3H3,(H2,8,9,11). The van der Waals surface area contributed by atoms with Crippen LogP contribution < -0.4 is 10.6 Å². The second-order valence-electron chi connectivity index (χ2n) is 2.68. The van der Waals surface area contributed by atoms with Gasteiger partial charge in [-0.05, 0) is 20.8 Å². The molecule has 0 fully saturated rings. The molecule has 4 nitrogen and oxygen atoms in total. The van der Waals surface area contributed by atoms with E-state index in [0.717, 1.165) is 0 Å². The van der Waals surface area contributed by atoms with Crippen LogP contribution in [0, 0.1) is 0 Å². The van der Waals surface area contributed by atoms with Crippen molar-refractivity contribution in [1.82, 2.24) is 10.6 Å². The molecule has 0 atom stereocenters. The van der Waals surface area contributed by atoms with Gasteiger partial charge in [0.25, 0.3) is 0 Å². The fraction of sp³-hybridized carbons (Fsp3) is 0.714. The third-order valence-corrected chi connectivity index (χ3v) is 0.918. The number of carbonyl (C=O) groups is 2. The van der Waals surface area contributed by atoms with Crippen LogP contribution in [-0.2, 0) is 4.79 Å². The molecule has 64 valence electrons. The van der Waals surface area contributed by atoms with Gasteiger partial charge in [-0.3, -0.25) is 4.79 Å². The fourth-order valence-electron chi connectivity index (χ4n) is 0.518. The number of rotatable bonds is 3. The highest BCUT2D eigenvalue weighted by molar-refractivity contribution is 5.83. The van der Waals surface area contributed by atoms with Gasteiger partial charge in [0.2, 0.25) is 0 Å². The first-order valence-electron chi connectivity index (χ1n) is 3.56. The summed E-state index contributed by atoms with van der Waals surface area (Å²) < 4.78 is 0. The van der Waals surface area contributed by atoms with Crippen LogP contribution >= 0.6 is 0 Å². The van der Waals surface area contributed by atoms with Gasteiger partial charge in [0.1, 0.15) is 5.78 Å². The lowest BCUT2D eigenvalue weighted by Gasteiger charge is -2.08. The molecular formula is C7H14N2O2. The summed E-state index contributed by atoms with van der Waals surface area (Å²) in [6.07, 6.45) is 0. The summed E-state index contributed by atoms with van der Waals surface area (Å²) in [7, 11) is 0. The van der Waals surface area contributed by atoms with Gasteiger partial charge in [-0.15, -0.1) is 0 Å². The summed E-state index contributed by atoms with van der Waals surface area (Å²) in [6, 6.07) is -0.197. The number of carbonyl (C=O) groups excluding carboxylic acids is 2. The zero-order chi connectivity index (χ0) is 8.85. The van der Waals surface area contributed by atoms with E-state index in [1.54, 1.807) is 0 Å². The first-order valence-corrected chi connectivity index (χ1v) is 3.56. The van der Waals surface area contributed by atoms with Crippen LogP contribution in [0.3, 0.4) is 0 Å². The first kappa shape index (κ1) is 9.94. The van der Waals surface area contributed by atoms with Crippen molar-refractivity contribution in [2.45, 2.75) is 26.8 Å². The Labute approximate surface area is 66.4 Å². The van der Waals surface area contributed by atoms with Crippen molar-refractivity contribution in [3.8, 4) is 0 Å². The number of nitrogens with one attached hydrogen (secondary N) is 2. The Balaban J connectivity index is 3.45. The van der Waals surface area contributed by atoms with Gasteiger partial charge in [-0.25, -0.2) is 4.79 Å². The lowest BCUT2D eigenvalue weighted by atomic mass is 10.4. The average Bonchev–Trinajstić information content (AvgIpc) is 1.82. The molecule has 0 aliphatic rings. The Morgan fingerprint density at radius 2 is 1.91 bits per heavy atom. The Kier molecular flexibility index (Phi) is 4.26. The number of hydrogen-bond acceptors (Lipinski definition) is 2. The minimum Gasteiger partial charge on any atom is -0.336 e. The zero-order valence-electron chi connectivity index (χ0n) is 7.10. The molecule has 0 aromatic heterocycles. The molecule has 0 heterocycles. The summed E-state index contributed by atoms with van der Waals surface area (Å²) in [5, 5.41) is 5.01. The van der Waals surface area contributed by atoms with Crippen LogP contribution in [0.25, 0.3) is 0 Å². The Morgan fingerprint density at radius 3 is 2.27 bits per heavy atom. The maximum atomic E-state index is 10.8. The molecule has 0 spiro atoms. The minimum absolute atomic E-state index is 0.0519. The van der Waals surface area contributed by atoms with Gasteiger partial charge in [-0.1, -0.05) is 0 Å². The Hall–Kier alpha value is -1.06. The average molecular weight is 158 g/mol. The Bertz CT molecular complexity index is 155. The van der Waals surface area contributed by atoms with E-state index in [0.29, 0.717) is 0 Å². The molecule has 0 aliphatic heterocycles. The molecule has 0 aromatic rings. The maximum absolute atomic E-state index is 10.8. The van der Waals surface area contributed by atoms with E-state index in [2.05, 4.69) is 10.6 Å². The van der Waals surface area contributed by atoms with Gasteiger partial charge in [0, 0.05) is 6.04 Å². The molecule has 2 N–H and O–H groups in total. The summed E-state index contributed by atoms with van der Waals surface area (Å²) in [5.74, 6) is -0.0519. The van der Waals surface area contributed by atoms with Gasteiger partial charge in [-0.2, -0.15) is 0 Å². The van der Waals surface area contributed by atoms with Gasteiger partial charge in [0.05, 0.1) is 6.54 Å². The number of Topliss-reactive ketones (excluding diaryl/α,β-unsaturated/α-hetero) is 1. The summed E-state index contributed by atoms with van der Waals surface area (Å²) in [4.78, 5) is 21.2. The van der Waals surface area contributed by atoms with E-state index in [-0.39, 0.29) is 24.4 Å². The van der Waals surface area contributed by atoms with Crippen LogP contribution in [0.4, 0.5) is 4.79 Å². The lowest BCUT2D eigenvalue weighted by molar-refractivity contribution is -0.116. The van der Waals surface area contributed by atoms with E-state index in [1.165, 1.54) is 6.92 Å². The van der Waals surface area contributed by atoms with Crippen LogP contribution in [0.1, 0.15) is 20.8 Å². The second kappa shape index (κ2) is 4.71. The smallest absolute Gasteiger partial charge is 0.315 e. The van der Waals surface area contributed by atoms with E-state index in [4.69, 9.17) is 0 Å². The van der Waals surface area contributed by atoms with Gasteiger partial charge >= 0.3 is 6.03 Å². The predicted octanol–water partition coefficient (Wildman–Crippen LogP) is 0.283. The van der Waals surface area contributed by atoms with Crippen molar-refractivity contribution in [3.05, 3.63) is 0 Å². The third kappa shape index (κ3) is 6.83. The predicted molar refractivity (Wildman–Crippen MR) is 42.4 cm³/mol. The zero-order valence-corrected chi connectivity index (χ0v) is 7.10. The lowest BCUT2D eigenvalue weighted by Crippen LogP contribution is -2.41. The van der Waals surface area contributed by atoms with E-state index < -0.39 is 0 Å². The quantitative estimate of drug-likeness (QED) is 0.620. The van der Waals surface area contributed by atoms with Crippen molar-refractivity contribution < 1.29 is 9.59 Å². The molecule has 0 saturated carbocycles. The molecule has 0 radical (unpaired) electrons. The topological polar surface area (TPSA) is 58.2 Å². The second-order valence-corrected chi connectivity index (χ2v) is 2.68. The largest absolute Gasteiger partial charge is 0.336 e. The van der Waals surface area contributed by atoms with Crippen LogP contribution in [0.5, 0.6) is 0 Å². The minimum atomic E-state index is -0.296.